The quantitative estimate of drug-likeness (QED) is 0.312. The van der Waals surface area contributed by atoms with E-state index in [1.165, 1.54) is 0 Å². The zero-order valence-electron chi connectivity index (χ0n) is 21.1. The Kier molecular flexibility index (Phi) is 6.89. The predicted octanol–water partition coefficient (Wildman–Crippen LogP) is 6.70. The fourth-order valence-corrected chi connectivity index (χ4v) is 4.82. The van der Waals surface area contributed by atoms with Gasteiger partial charge in [0, 0.05) is 30.1 Å². The van der Waals surface area contributed by atoms with E-state index in [4.69, 9.17) is 4.43 Å². The Bertz CT molecular complexity index is 1160. The molecule has 0 aliphatic heterocycles. The molecule has 0 radical (unpaired) electrons. The number of aromatic nitrogens is 2. The summed E-state index contributed by atoms with van der Waals surface area (Å²) in [4.78, 5) is 17.4. The molecule has 0 fully saturated rings. The standard InChI is InChI=1S/C27H36N2O3Si/c1-18-19(2)25(32-33(7,8)27(4,5)6)20(3)22(24(18)31)14-15-23(30)26-28-16-17-29(26)21-12-10-9-11-13-21/h9-13,16-17,31H,14-15H2,1-8H3. The van der Waals surface area contributed by atoms with Gasteiger partial charge in [-0.1, -0.05) is 39.0 Å². The molecule has 3 rings (SSSR count). The Labute approximate surface area is 198 Å². The maximum absolute atomic E-state index is 13.1. The molecule has 1 heterocycles. The molecular formula is C27H36N2O3Si. The topological polar surface area (TPSA) is 64.3 Å². The number of hydrogen-bond donors (Lipinski definition) is 1. The number of carbonyl (C=O) groups is 1. The number of Topliss-reactive ketones (excluding diaryl/α,β-unsaturated/α-hetero) is 1. The summed E-state index contributed by atoms with van der Waals surface area (Å²) in [7, 11) is -2.07. The van der Waals surface area contributed by atoms with Crippen LogP contribution in [0.1, 0.15) is 60.1 Å². The van der Waals surface area contributed by atoms with Gasteiger partial charge in [-0.3, -0.25) is 9.36 Å². The minimum absolute atomic E-state index is 0.0579. The van der Waals surface area contributed by atoms with Crippen molar-refractivity contribution in [2.45, 2.75) is 72.5 Å². The average molecular weight is 465 g/mol. The van der Waals surface area contributed by atoms with Crippen molar-refractivity contribution >= 4 is 14.1 Å². The summed E-state index contributed by atoms with van der Waals surface area (Å²) in [5.41, 5.74) is 4.36. The highest BCUT2D eigenvalue weighted by molar-refractivity contribution is 6.74. The van der Waals surface area contributed by atoms with Crippen LogP contribution in [0.15, 0.2) is 42.7 Å². The lowest BCUT2D eigenvalue weighted by molar-refractivity contribution is 0.0971. The Morgan fingerprint density at radius 1 is 1.06 bits per heavy atom. The number of carbonyl (C=O) groups excluding carboxylic acids is 1. The first-order valence-electron chi connectivity index (χ1n) is 11.5. The summed E-state index contributed by atoms with van der Waals surface area (Å²) >= 11 is 0. The number of nitrogens with zero attached hydrogens (tertiary/aromatic N) is 2. The van der Waals surface area contributed by atoms with E-state index < -0.39 is 8.32 Å². The van der Waals surface area contributed by atoms with Gasteiger partial charge in [0.2, 0.25) is 0 Å². The van der Waals surface area contributed by atoms with Crippen LogP contribution in [0.25, 0.3) is 5.69 Å². The molecule has 0 spiro atoms. The maximum atomic E-state index is 13.1. The molecule has 33 heavy (non-hydrogen) atoms. The number of hydrogen-bond acceptors (Lipinski definition) is 4. The number of aromatic hydroxyl groups is 1. The Balaban J connectivity index is 1.90. The van der Waals surface area contributed by atoms with Crippen molar-refractivity contribution in [1.82, 2.24) is 9.55 Å². The van der Waals surface area contributed by atoms with Gasteiger partial charge in [-0.15, -0.1) is 0 Å². The highest BCUT2D eigenvalue weighted by Crippen LogP contribution is 2.43. The first-order chi connectivity index (χ1) is 15.3. The molecule has 0 unspecified atom stereocenters. The normalized spacial score (nSPS) is 12.1. The van der Waals surface area contributed by atoms with Crippen LogP contribution in [0.5, 0.6) is 11.5 Å². The van der Waals surface area contributed by atoms with Gasteiger partial charge >= 0.3 is 0 Å². The maximum Gasteiger partial charge on any atom is 0.250 e. The van der Waals surface area contributed by atoms with E-state index in [1.807, 2.05) is 51.1 Å². The molecule has 5 nitrogen and oxygen atoms in total. The van der Waals surface area contributed by atoms with Gasteiger partial charge in [-0.25, -0.2) is 4.98 Å². The highest BCUT2D eigenvalue weighted by atomic mass is 28.4. The summed E-state index contributed by atoms with van der Waals surface area (Å²) in [5, 5.41) is 11.0. The monoisotopic (exact) mass is 464 g/mol. The largest absolute Gasteiger partial charge is 0.543 e. The Morgan fingerprint density at radius 2 is 1.70 bits per heavy atom. The van der Waals surface area contributed by atoms with Crippen molar-refractivity contribution in [3.8, 4) is 17.2 Å². The molecule has 0 aliphatic carbocycles. The zero-order valence-corrected chi connectivity index (χ0v) is 22.1. The number of benzene rings is 2. The van der Waals surface area contributed by atoms with Gasteiger partial charge in [-0.2, -0.15) is 0 Å². The van der Waals surface area contributed by atoms with Gasteiger partial charge in [0.25, 0.3) is 8.32 Å². The molecule has 1 aromatic heterocycles. The van der Waals surface area contributed by atoms with Gasteiger partial charge in [-0.05, 0) is 74.1 Å². The lowest BCUT2D eigenvalue weighted by Gasteiger charge is -2.38. The van der Waals surface area contributed by atoms with Crippen LogP contribution >= 0.6 is 0 Å². The minimum atomic E-state index is -2.07. The van der Waals surface area contributed by atoms with Crippen molar-refractivity contribution in [3.05, 3.63) is 70.8 Å². The Morgan fingerprint density at radius 3 is 2.30 bits per heavy atom. The molecule has 176 valence electrons. The van der Waals surface area contributed by atoms with Crippen molar-refractivity contribution in [2.75, 3.05) is 0 Å². The van der Waals surface area contributed by atoms with Crippen LogP contribution in [-0.2, 0) is 6.42 Å². The lowest BCUT2D eigenvalue weighted by atomic mass is 9.94. The number of phenols is 1. The van der Waals surface area contributed by atoms with Crippen LogP contribution in [0.2, 0.25) is 18.1 Å². The van der Waals surface area contributed by atoms with Gasteiger partial charge in [0.1, 0.15) is 11.5 Å². The molecule has 0 atom stereocenters. The smallest absolute Gasteiger partial charge is 0.250 e. The van der Waals surface area contributed by atoms with Crippen LogP contribution in [0.3, 0.4) is 0 Å². The van der Waals surface area contributed by atoms with Gasteiger partial charge in [0.15, 0.2) is 11.6 Å². The first kappa shape index (κ1) is 24.8. The third-order valence-electron chi connectivity index (χ3n) is 7.03. The second kappa shape index (κ2) is 9.18. The second-order valence-corrected chi connectivity index (χ2v) is 15.0. The van der Waals surface area contributed by atoms with E-state index in [-0.39, 0.29) is 23.0 Å². The second-order valence-electron chi connectivity index (χ2n) is 10.3. The molecule has 0 saturated carbocycles. The van der Waals surface area contributed by atoms with E-state index in [2.05, 4.69) is 38.8 Å². The van der Waals surface area contributed by atoms with Crippen LogP contribution in [0, 0.1) is 20.8 Å². The van der Waals surface area contributed by atoms with Crippen LogP contribution in [0.4, 0.5) is 0 Å². The molecule has 2 aromatic carbocycles. The Hall–Kier alpha value is -2.86. The van der Waals surface area contributed by atoms with Crippen molar-refractivity contribution in [2.24, 2.45) is 0 Å². The van der Waals surface area contributed by atoms with Crippen molar-refractivity contribution in [3.63, 3.8) is 0 Å². The van der Waals surface area contributed by atoms with Crippen molar-refractivity contribution in [1.29, 1.82) is 0 Å². The highest BCUT2D eigenvalue weighted by Gasteiger charge is 2.40. The number of ketones is 1. The van der Waals surface area contributed by atoms with E-state index in [1.54, 1.807) is 17.0 Å². The molecule has 0 bridgehead atoms. The summed E-state index contributed by atoms with van der Waals surface area (Å²) in [6.45, 7) is 17.0. The van der Waals surface area contributed by atoms with Crippen LogP contribution in [-0.4, -0.2) is 28.8 Å². The zero-order chi connectivity index (χ0) is 24.6. The lowest BCUT2D eigenvalue weighted by Crippen LogP contribution is -2.44. The molecule has 3 aromatic rings. The summed E-state index contributed by atoms with van der Waals surface area (Å²) in [6, 6.07) is 9.70. The number of para-hydroxylation sites is 1. The molecule has 1 N–H and O–H groups in total. The van der Waals surface area contributed by atoms with Gasteiger partial charge < -0.3 is 9.53 Å². The number of imidazole rings is 1. The fraction of sp³-hybridized carbons (Fsp3) is 0.407. The SMILES string of the molecule is Cc1c(C)c(O[Si](C)(C)C(C)(C)C)c(C)c(CCC(=O)c2nccn2-c2ccccc2)c1O. The predicted molar refractivity (Wildman–Crippen MR) is 136 cm³/mol. The number of phenolic OH excluding ortho intramolecular Hbond substituents is 1. The fourth-order valence-electron chi connectivity index (χ4n) is 3.69. The molecule has 6 heteroatoms. The van der Waals surface area contributed by atoms with E-state index in [0.717, 1.165) is 33.7 Å². The van der Waals surface area contributed by atoms with E-state index in [0.29, 0.717) is 12.2 Å². The third kappa shape index (κ3) is 4.91. The average Bonchev–Trinajstić information content (AvgIpc) is 3.25. The molecular weight excluding hydrogens is 428 g/mol. The van der Waals surface area contributed by atoms with Gasteiger partial charge in [0.05, 0.1) is 0 Å². The molecule has 0 saturated heterocycles. The van der Waals surface area contributed by atoms with E-state index in [9.17, 15) is 9.90 Å². The summed E-state index contributed by atoms with van der Waals surface area (Å²) < 4.78 is 8.49. The van der Waals surface area contributed by atoms with Crippen molar-refractivity contribution < 1.29 is 14.3 Å². The third-order valence-corrected chi connectivity index (χ3v) is 11.4. The first-order valence-corrected chi connectivity index (χ1v) is 14.4. The molecule has 0 amide bonds. The number of rotatable bonds is 7. The minimum Gasteiger partial charge on any atom is -0.543 e. The van der Waals surface area contributed by atoms with E-state index >= 15 is 0 Å². The molecule has 0 aliphatic rings. The summed E-state index contributed by atoms with van der Waals surface area (Å²) in [5.74, 6) is 1.45. The van der Waals surface area contributed by atoms with Crippen LogP contribution < -0.4 is 4.43 Å². The summed E-state index contributed by atoms with van der Waals surface area (Å²) in [6.07, 6.45) is 4.12.